The van der Waals surface area contributed by atoms with Crippen molar-refractivity contribution in [2.75, 3.05) is 19.5 Å². The van der Waals surface area contributed by atoms with Gasteiger partial charge in [0, 0.05) is 41.1 Å². The first-order valence-corrected chi connectivity index (χ1v) is 10.2. The Kier molecular flexibility index (Phi) is 4.82. The zero-order valence-electron chi connectivity index (χ0n) is 18.0. The summed E-state index contributed by atoms with van der Waals surface area (Å²) in [5.41, 5.74) is 7.32. The number of phenolic OH excluding ortho intramolecular Hbond substituents is 1. The molecule has 8 heteroatoms. The van der Waals surface area contributed by atoms with Gasteiger partial charge < -0.3 is 29.9 Å². The lowest BCUT2D eigenvalue weighted by molar-refractivity contribution is 0.343. The quantitative estimate of drug-likeness (QED) is 0.290. The minimum atomic E-state index is 0.244. The molecular weight excluding hydrogens is 406 g/mol. The third-order valence-corrected chi connectivity index (χ3v) is 5.64. The molecule has 0 spiro atoms. The number of aromatic nitrogens is 4. The molecule has 0 amide bonds. The fourth-order valence-corrected chi connectivity index (χ4v) is 3.99. The Morgan fingerprint density at radius 1 is 1.09 bits per heavy atom. The largest absolute Gasteiger partial charge is 0.508 e. The van der Waals surface area contributed by atoms with Crippen LogP contribution in [0.3, 0.4) is 0 Å². The summed E-state index contributed by atoms with van der Waals surface area (Å²) in [6, 6.07) is 11.1. The van der Waals surface area contributed by atoms with Crippen molar-refractivity contribution >= 4 is 27.8 Å². The first-order valence-electron chi connectivity index (χ1n) is 10.2. The Balaban J connectivity index is 1.54. The van der Waals surface area contributed by atoms with E-state index in [9.17, 15) is 5.11 Å². The second-order valence-corrected chi connectivity index (χ2v) is 7.52. The van der Waals surface area contributed by atoms with Gasteiger partial charge in [-0.15, -0.1) is 0 Å². The smallest absolute Gasteiger partial charge is 0.257 e. The van der Waals surface area contributed by atoms with E-state index in [2.05, 4.69) is 31.3 Å². The molecule has 0 atom stereocenters. The lowest BCUT2D eigenvalue weighted by Gasteiger charge is -2.10. The number of H-pyrrole nitrogens is 2. The molecule has 5 aromatic rings. The van der Waals surface area contributed by atoms with Gasteiger partial charge in [0.15, 0.2) is 5.75 Å². The van der Waals surface area contributed by atoms with Crippen molar-refractivity contribution in [1.82, 2.24) is 19.9 Å². The molecule has 0 saturated carbocycles. The van der Waals surface area contributed by atoms with E-state index in [0.717, 1.165) is 50.1 Å². The van der Waals surface area contributed by atoms with E-state index in [-0.39, 0.29) is 5.75 Å². The van der Waals surface area contributed by atoms with Crippen LogP contribution in [0.2, 0.25) is 0 Å². The Labute approximate surface area is 184 Å². The maximum Gasteiger partial charge on any atom is 0.257 e. The molecule has 0 bridgehead atoms. The molecule has 162 valence electrons. The number of nitrogens with one attached hydrogen (secondary N) is 3. The molecule has 8 nitrogen and oxygen atoms in total. The van der Waals surface area contributed by atoms with E-state index in [0.29, 0.717) is 18.2 Å². The summed E-state index contributed by atoms with van der Waals surface area (Å²) in [5, 5.41) is 13.9. The minimum Gasteiger partial charge on any atom is -0.508 e. The van der Waals surface area contributed by atoms with Crippen LogP contribution in [0, 0.1) is 6.92 Å². The molecule has 4 N–H and O–H groups in total. The second-order valence-electron chi connectivity index (χ2n) is 7.52. The number of nitrogens with zero attached hydrogens (tertiary/aromatic N) is 2. The van der Waals surface area contributed by atoms with E-state index in [1.807, 2.05) is 31.3 Å². The summed E-state index contributed by atoms with van der Waals surface area (Å²) in [6.07, 6.45) is 3.73. The van der Waals surface area contributed by atoms with E-state index in [4.69, 9.17) is 9.47 Å². The minimum absolute atomic E-state index is 0.244. The Morgan fingerprint density at radius 2 is 1.91 bits per heavy atom. The summed E-state index contributed by atoms with van der Waals surface area (Å²) in [7, 11) is 3.20. The van der Waals surface area contributed by atoms with E-state index < -0.39 is 0 Å². The molecule has 0 fully saturated rings. The number of rotatable bonds is 6. The molecular formula is C24H23N5O3. The van der Waals surface area contributed by atoms with Crippen molar-refractivity contribution in [3.8, 4) is 28.6 Å². The first-order chi connectivity index (χ1) is 15.6. The van der Waals surface area contributed by atoms with Gasteiger partial charge in [-0.05, 0) is 48.9 Å². The number of aromatic amines is 2. The van der Waals surface area contributed by atoms with Crippen LogP contribution in [0.15, 0.2) is 48.8 Å². The van der Waals surface area contributed by atoms with E-state index in [1.165, 1.54) is 0 Å². The molecule has 0 aliphatic carbocycles. The average Bonchev–Trinajstić information content (AvgIpc) is 3.43. The highest BCUT2D eigenvalue weighted by Crippen LogP contribution is 2.38. The van der Waals surface area contributed by atoms with Crippen LogP contribution in [0.4, 0.5) is 5.69 Å². The van der Waals surface area contributed by atoms with Gasteiger partial charge in [-0.3, -0.25) is 0 Å². The van der Waals surface area contributed by atoms with Crippen LogP contribution < -0.4 is 14.8 Å². The van der Waals surface area contributed by atoms with Crippen molar-refractivity contribution in [1.29, 1.82) is 0 Å². The molecule has 32 heavy (non-hydrogen) atoms. The number of anilines is 1. The SMILES string of the molecule is COc1nc2c(-c3cc4c(CNc5ccc(O)cc5)ccnc4[nH]3)c[nH]c2c(C)c1OC. The highest BCUT2D eigenvalue weighted by atomic mass is 16.5. The topological polar surface area (TPSA) is 108 Å². The zero-order chi connectivity index (χ0) is 22.2. The van der Waals surface area contributed by atoms with Crippen molar-refractivity contribution in [3.05, 3.63) is 59.9 Å². The molecule has 4 aromatic heterocycles. The van der Waals surface area contributed by atoms with Gasteiger partial charge in [0.25, 0.3) is 5.88 Å². The van der Waals surface area contributed by atoms with Gasteiger partial charge >= 0.3 is 0 Å². The first kappa shape index (κ1) is 19.7. The lowest BCUT2D eigenvalue weighted by Crippen LogP contribution is -1.99. The number of aromatic hydroxyl groups is 1. The lowest BCUT2D eigenvalue weighted by atomic mass is 10.1. The number of methoxy groups -OCH3 is 2. The van der Waals surface area contributed by atoms with Gasteiger partial charge in [-0.2, -0.15) is 0 Å². The van der Waals surface area contributed by atoms with Crippen LogP contribution in [0.1, 0.15) is 11.1 Å². The number of benzene rings is 1. The monoisotopic (exact) mass is 429 g/mol. The highest BCUT2D eigenvalue weighted by Gasteiger charge is 2.19. The molecule has 0 radical (unpaired) electrons. The molecule has 1 aromatic carbocycles. The van der Waals surface area contributed by atoms with Crippen molar-refractivity contribution < 1.29 is 14.6 Å². The summed E-state index contributed by atoms with van der Waals surface area (Å²) in [5.74, 6) is 1.31. The second kappa shape index (κ2) is 7.81. The predicted molar refractivity (Wildman–Crippen MR) is 124 cm³/mol. The maximum atomic E-state index is 9.47. The number of hydrogen-bond donors (Lipinski definition) is 4. The summed E-state index contributed by atoms with van der Waals surface area (Å²) >= 11 is 0. The van der Waals surface area contributed by atoms with Crippen LogP contribution in [-0.4, -0.2) is 39.3 Å². The maximum absolute atomic E-state index is 9.47. The van der Waals surface area contributed by atoms with Crippen LogP contribution >= 0.6 is 0 Å². The predicted octanol–water partition coefficient (Wildman–Crippen LogP) is 4.75. The molecule has 0 saturated heterocycles. The number of phenols is 1. The average molecular weight is 429 g/mol. The standard InChI is InChI=1S/C24H23N5O3/c1-13-20-21(29-24(32-3)22(13)31-2)18(12-27-20)19-10-17-14(8-9-25-23(17)28-19)11-26-15-4-6-16(30)7-5-15/h4-10,12,26-27,30H,11H2,1-3H3,(H,25,28). The third-order valence-electron chi connectivity index (χ3n) is 5.64. The highest BCUT2D eigenvalue weighted by molar-refractivity contribution is 5.97. The number of aryl methyl sites for hydroxylation is 1. The molecule has 4 heterocycles. The van der Waals surface area contributed by atoms with E-state index >= 15 is 0 Å². The summed E-state index contributed by atoms with van der Waals surface area (Å²) in [4.78, 5) is 15.9. The van der Waals surface area contributed by atoms with Gasteiger partial charge in [0.2, 0.25) is 0 Å². The number of hydrogen-bond acceptors (Lipinski definition) is 6. The number of fused-ring (bicyclic) bond motifs is 2. The number of ether oxygens (including phenoxy) is 2. The summed E-state index contributed by atoms with van der Waals surface area (Å²) in [6.45, 7) is 2.60. The van der Waals surface area contributed by atoms with Gasteiger partial charge in [-0.25, -0.2) is 9.97 Å². The van der Waals surface area contributed by atoms with Crippen molar-refractivity contribution in [2.24, 2.45) is 0 Å². The Bertz CT molecular complexity index is 1420. The van der Waals surface area contributed by atoms with Gasteiger partial charge in [-0.1, -0.05) is 0 Å². The summed E-state index contributed by atoms with van der Waals surface area (Å²) < 4.78 is 10.9. The van der Waals surface area contributed by atoms with Crippen LogP contribution in [0.25, 0.3) is 33.3 Å². The number of pyridine rings is 2. The fraction of sp³-hybridized carbons (Fsp3) is 0.167. The Hall–Kier alpha value is -4.20. The molecule has 0 aliphatic rings. The van der Waals surface area contributed by atoms with Gasteiger partial charge in [0.1, 0.15) is 16.9 Å². The normalized spacial score (nSPS) is 11.2. The molecule has 0 unspecified atom stereocenters. The Morgan fingerprint density at radius 3 is 2.66 bits per heavy atom. The van der Waals surface area contributed by atoms with Crippen LogP contribution in [-0.2, 0) is 6.54 Å². The molecule has 0 aliphatic heterocycles. The van der Waals surface area contributed by atoms with Crippen molar-refractivity contribution in [3.63, 3.8) is 0 Å². The van der Waals surface area contributed by atoms with E-state index in [1.54, 1.807) is 32.5 Å². The van der Waals surface area contributed by atoms with Gasteiger partial charge in [0.05, 0.1) is 25.4 Å². The zero-order valence-corrected chi connectivity index (χ0v) is 18.0. The van der Waals surface area contributed by atoms with Crippen LogP contribution in [0.5, 0.6) is 17.4 Å². The molecule has 5 rings (SSSR count). The van der Waals surface area contributed by atoms with Crippen molar-refractivity contribution in [2.45, 2.75) is 13.5 Å². The fourth-order valence-electron chi connectivity index (χ4n) is 3.99. The third kappa shape index (κ3) is 3.26.